The minimum absolute atomic E-state index is 0.110. The van der Waals surface area contributed by atoms with Crippen molar-refractivity contribution in [3.05, 3.63) is 93.8 Å². The van der Waals surface area contributed by atoms with Gasteiger partial charge in [0.1, 0.15) is 11.3 Å². The Morgan fingerprint density at radius 1 is 1.03 bits per heavy atom. The second-order valence-corrected chi connectivity index (χ2v) is 8.28. The third-order valence-electron chi connectivity index (χ3n) is 4.95. The molecule has 0 saturated carbocycles. The van der Waals surface area contributed by atoms with E-state index in [-0.39, 0.29) is 11.0 Å². The highest BCUT2D eigenvalue weighted by molar-refractivity contribution is 7.80. The Morgan fingerprint density at radius 2 is 1.85 bits per heavy atom. The third kappa shape index (κ3) is 5.44. The van der Waals surface area contributed by atoms with Crippen LogP contribution in [0.4, 0.5) is 5.69 Å². The van der Waals surface area contributed by atoms with Crippen molar-refractivity contribution in [2.24, 2.45) is 0 Å². The Morgan fingerprint density at radius 3 is 2.65 bits per heavy atom. The number of hydrogen-bond donors (Lipinski definition) is 2. The molecule has 0 radical (unpaired) electrons. The number of para-hydroxylation sites is 1. The molecule has 0 aliphatic carbocycles. The first kappa shape index (κ1) is 23.5. The Balaban J connectivity index is 1.47. The van der Waals surface area contributed by atoms with Crippen molar-refractivity contribution in [3.63, 3.8) is 0 Å². The highest BCUT2D eigenvalue weighted by atomic mass is 35.5. The molecule has 0 fully saturated rings. The van der Waals surface area contributed by atoms with Crippen LogP contribution in [-0.2, 0) is 0 Å². The number of ether oxygens (including phenoxy) is 1. The number of halogens is 1. The molecule has 3 aromatic carbocycles. The van der Waals surface area contributed by atoms with E-state index in [0.29, 0.717) is 45.3 Å². The fourth-order valence-corrected chi connectivity index (χ4v) is 3.84. The number of rotatable bonds is 6. The summed E-state index contributed by atoms with van der Waals surface area (Å²) in [5, 5.41) is 6.82. The lowest BCUT2D eigenvalue weighted by Gasteiger charge is -2.12. The smallest absolute Gasteiger partial charge is 0.344 e. The average molecular weight is 493 g/mol. The summed E-state index contributed by atoms with van der Waals surface area (Å²) in [7, 11) is 0. The van der Waals surface area contributed by atoms with Crippen LogP contribution in [0.25, 0.3) is 22.1 Å². The van der Waals surface area contributed by atoms with Gasteiger partial charge in [-0.1, -0.05) is 48.9 Å². The lowest BCUT2D eigenvalue weighted by Crippen LogP contribution is -2.34. The van der Waals surface area contributed by atoms with Gasteiger partial charge in [0.25, 0.3) is 5.91 Å². The van der Waals surface area contributed by atoms with Crippen molar-refractivity contribution in [2.75, 3.05) is 11.9 Å². The number of fused-ring (bicyclic) bond motifs is 1. The van der Waals surface area contributed by atoms with E-state index in [1.807, 2.05) is 19.1 Å². The maximum absolute atomic E-state index is 12.6. The van der Waals surface area contributed by atoms with E-state index < -0.39 is 5.63 Å². The third-order valence-corrected chi connectivity index (χ3v) is 5.47. The number of carbonyl (C=O) groups excluding carboxylic acids is 1. The summed E-state index contributed by atoms with van der Waals surface area (Å²) in [4.78, 5) is 25.0. The molecule has 0 aliphatic rings. The Labute approximate surface area is 206 Å². The molecule has 0 bridgehead atoms. The van der Waals surface area contributed by atoms with Gasteiger partial charge in [-0.25, -0.2) is 4.79 Å². The van der Waals surface area contributed by atoms with E-state index in [0.717, 1.165) is 11.8 Å². The summed E-state index contributed by atoms with van der Waals surface area (Å²) in [6.07, 6.45) is 0.873. The van der Waals surface area contributed by atoms with E-state index in [2.05, 4.69) is 10.6 Å². The molecule has 1 aromatic heterocycles. The fourth-order valence-electron chi connectivity index (χ4n) is 3.35. The molecular formula is C26H21ClN2O4S. The van der Waals surface area contributed by atoms with Gasteiger partial charge in [0.15, 0.2) is 5.11 Å². The van der Waals surface area contributed by atoms with Crippen LogP contribution in [-0.4, -0.2) is 17.6 Å². The SMILES string of the molecule is CCCOc1cccc(C(=O)NC(=S)Nc2ccc(-c3cc4ccccc4oc3=O)c(Cl)c2)c1. The maximum Gasteiger partial charge on any atom is 0.344 e. The van der Waals surface area contributed by atoms with Gasteiger partial charge in [0.05, 0.1) is 17.2 Å². The molecule has 0 spiro atoms. The first-order chi connectivity index (χ1) is 16.4. The van der Waals surface area contributed by atoms with Gasteiger partial charge < -0.3 is 14.5 Å². The van der Waals surface area contributed by atoms with Crippen LogP contribution in [0.2, 0.25) is 5.02 Å². The molecule has 6 nitrogen and oxygen atoms in total. The largest absolute Gasteiger partial charge is 0.494 e. The van der Waals surface area contributed by atoms with Crippen LogP contribution >= 0.6 is 23.8 Å². The maximum atomic E-state index is 12.6. The molecule has 0 aliphatic heterocycles. The van der Waals surface area contributed by atoms with Crippen molar-refractivity contribution in [1.82, 2.24) is 5.32 Å². The Bertz CT molecular complexity index is 1430. The molecule has 34 heavy (non-hydrogen) atoms. The summed E-state index contributed by atoms with van der Waals surface area (Å²) >= 11 is 11.7. The van der Waals surface area contributed by atoms with E-state index in [4.69, 9.17) is 33.0 Å². The van der Waals surface area contributed by atoms with Gasteiger partial charge in [-0.15, -0.1) is 0 Å². The molecule has 0 unspecified atom stereocenters. The lowest BCUT2D eigenvalue weighted by molar-refractivity contribution is 0.0977. The zero-order valence-corrected chi connectivity index (χ0v) is 19.8. The molecule has 1 amide bonds. The van der Waals surface area contributed by atoms with E-state index in [1.54, 1.807) is 60.7 Å². The highest BCUT2D eigenvalue weighted by Crippen LogP contribution is 2.30. The summed E-state index contributed by atoms with van der Waals surface area (Å²) in [6, 6.07) is 20.9. The van der Waals surface area contributed by atoms with Gasteiger partial charge in [-0.3, -0.25) is 10.1 Å². The summed E-state index contributed by atoms with van der Waals surface area (Å²) in [5.41, 5.74) is 1.91. The van der Waals surface area contributed by atoms with Gasteiger partial charge in [0.2, 0.25) is 0 Å². The van der Waals surface area contributed by atoms with Crippen LogP contribution in [0.15, 0.2) is 82.0 Å². The topological polar surface area (TPSA) is 80.6 Å². The number of benzene rings is 3. The van der Waals surface area contributed by atoms with Crippen molar-refractivity contribution < 1.29 is 13.9 Å². The van der Waals surface area contributed by atoms with Gasteiger partial charge in [0, 0.05) is 22.2 Å². The first-order valence-corrected chi connectivity index (χ1v) is 11.4. The molecule has 0 atom stereocenters. The van der Waals surface area contributed by atoms with E-state index >= 15 is 0 Å². The van der Waals surface area contributed by atoms with Crippen LogP contribution < -0.4 is 21.0 Å². The zero-order chi connectivity index (χ0) is 24.1. The Kier molecular flexibility index (Phi) is 7.25. The van der Waals surface area contributed by atoms with Crippen LogP contribution in [0.1, 0.15) is 23.7 Å². The summed E-state index contributed by atoms with van der Waals surface area (Å²) in [6.45, 7) is 2.58. The molecular weight excluding hydrogens is 472 g/mol. The molecule has 4 rings (SSSR count). The monoisotopic (exact) mass is 492 g/mol. The quantitative estimate of drug-likeness (QED) is 0.253. The van der Waals surface area contributed by atoms with Crippen LogP contribution in [0.3, 0.4) is 0 Å². The van der Waals surface area contributed by atoms with Gasteiger partial charge in [-0.2, -0.15) is 0 Å². The second-order valence-electron chi connectivity index (χ2n) is 7.46. The average Bonchev–Trinajstić information content (AvgIpc) is 2.83. The summed E-state index contributed by atoms with van der Waals surface area (Å²) in [5.74, 6) is 0.254. The molecule has 1 heterocycles. The molecule has 8 heteroatoms. The number of nitrogens with one attached hydrogen (secondary N) is 2. The first-order valence-electron chi connectivity index (χ1n) is 10.6. The van der Waals surface area contributed by atoms with E-state index in [9.17, 15) is 9.59 Å². The van der Waals surface area contributed by atoms with Crippen LogP contribution in [0.5, 0.6) is 5.75 Å². The predicted octanol–water partition coefficient (Wildman–Crippen LogP) is 6.03. The molecule has 172 valence electrons. The molecule has 0 saturated heterocycles. The standard InChI is InChI=1S/C26H21ClN2O4S/c1-2-12-32-19-8-5-7-17(13-19)24(30)29-26(34)28-18-10-11-20(22(27)15-18)21-14-16-6-3-4-9-23(16)33-25(21)31/h3-11,13-15H,2,12H2,1H3,(H2,28,29,30,34). The number of carbonyl (C=O) groups is 1. The summed E-state index contributed by atoms with van der Waals surface area (Å²) < 4.78 is 11.0. The normalized spacial score (nSPS) is 10.6. The number of thiocarbonyl (C=S) groups is 1. The number of anilines is 1. The number of amides is 1. The highest BCUT2D eigenvalue weighted by Gasteiger charge is 2.13. The van der Waals surface area contributed by atoms with Crippen molar-refractivity contribution in [3.8, 4) is 16.9 Å². The van der Waals surface area contributed by atoms with Crippen LogP contribution in [0, 0.1) is 0 Å². The lowest BCUT2D eigenvalue weighted by atomic mass is 10.1. The van der Waals surface area contributed by atoms with Crippen molar-refractivity contribution in [2.45, 2.75) is 13.3 Å². The van der Waals surface area contributed by atoms with Crippen molar-refractivity contribution in [1.29, 1.82) is 0 Å². The second kappa shape index (κ2) is 10.5. The van der Waals surface area contributed by atoms with E-state index in [1.165, 1.54) is 0 Å². The molecule has 4 aromatic rings. The fraction of sp³-hybridized carbons (Fsp3) is 0.115. The van der Waals surface area contributed by atoms with Gasteiger partial charge in [-0.05, 0) is 61.1 Å². The Hall–Kier alpha value is -3.68. The minimum Gasteiger partial charge on any atom is -0.494 e. The minimum atomic E-state index is -0.478. The van der Waals surface area contributed by atoms with Crippen molar-refractivity contribution >= 4 is 51.5 Å². The number of hydrogen-bond acceptors (Lipinski definition) is 5. The predicted molar refractivity (Wildman–Crippen MR) is 139 cm³/mol. The zero-order valence-electron chi connectivity index (χ0n) is 18.3. The molecule has 2 N–H and O–H groups in total. The van der Waals surface area contributed by atoms with Gasteiger partial charge >= 0.3 is 5.63 Å².